The van der Waals surface area contributed by atoms with Gasteiger partial charge in [0.2, 0.25) is 10.0 Å². The van der Waals surface area contributed by atoms with Gasteiger partial charge in [0.1, 0.15) is 0 Å². The number of aryl methyl sites for hydroxylation is 3. The van der Waals surface area contributed by atoms with Crippen LogP contribution in [-0.2, 0) is 29.3 Å². The van der Waals surface area contributed by atoms with Crippen molar-refractivity contribution in [3.8, 4) is 0 Å². The summed E-state index contributed by atoms with van der Waals surface area (Å²) in [7, 11) is -3.56. The fourth-order valence-corrected chi connectivity index (χ4v) is 5.96. The summed E-state index contributed by atoms with van der Waals surface area (Å²) in [5.74, 6) is 0. The summed E-state index contributed by atoms with van der Waals surface area (Å²) in [5, 5.41) is 1.07. The van der Waals surface area contributed by atoms with Crippen molar-refractivity contribution in [3.05, 3.63) is 64.8 Å². The standard InChI is InChI=1S/C22H24N2O2S/c25-27(26,24-22-11-5-7-15-6-1-2-8-17(15)22)16-12-13-21-19(14-16)18-9-3-4-10-20(18)23-21/h1-2,6,8,12-14,22-24H,3-5,7,9-11H2. The van der Waals surface area contributed by atoms with Crippen LogP contribution in [0.1, 0.15) is 54.1 Å². The first-order valence-electron chi connectivity index (χ1n) is 9.85. The number of rotatable bonds is 3. The summed E-state index contributed by atoms with van der Waals surface area (Å²) in [4.78, 5) is 3.84. The van der Waals surface area contributed by atoms with E-state index in [4.69, 9.17) is 0 Å². The van der Waals surface area contributed by atoms with Crippen LogP contribution in [0.5, 0.6) is 0 Å². The van der Waals surface area contributed by atoms with Gasteiger partial charge in [0.25, 0.3) is 0 Å². The van der Waals surface area contributed by atoms with E-state index in [9.17, 15) is 8.42 Å². The first-order chi connectivity index (χ1) is 13.1. The molecule has 2 aromatic carbocycles. The van der Waals surface area contributed by atoms with Crippen molar-refractivity contribution in [2.75, 3.05) is 0 Å². The van der Waals surface area contributed by atoms with E-state index in [1.165, 1.54) is 29.7 Å². The van der Waals surface area contributed by atoms with Gasteiger partial charge >= 0.3 is 0 Å². The molecule has 140 valence electrons. The normalized spacial score (nSPS) is 19.6. The van der Waals surface area contributed by atoms with E-state index < -0.39 is 10.0 Å². The summed E-state index contributed by atoms with van der Waals surface area (Å²) in [6, 6.07) is 13.5. The van der Waals surface area contributed by atoms with Gasteiger partial charge in [-0.05, 0) is 79.8 Å². The van der Waals surface area contributed by atoms with Crippen LogP contribution < -0.4 is 4.72 Å². The minimum absolute atomic E-state index is 0.143. The number of aromatic nitrogens is 1. The van der Waals surface area contributed by atoms with Gasteiger partial charge in [-0.1, -0.05) is 24.3 Å². The van der Waals surface area contributed by atoms with Crippen molar-refractivity contribution >= 4 is 20.9 Å². The van der Waals surface area contributed by atoms with Gasteiger partial charge in [-0.2, -0.15) is 0 Å². The number of nitrogens with one attached hydrogen (secondary N) is 2. The SMILES string of the molecule is O=S(=O)(NC1CCCc2ccccc21)c1ccc2[nH]c3c(c2c1)CCCC3. The van der Waals surface area contributed by atoms with E-state index in [1.54, 1.807) is 6.07 Å². The van der Waals surface area contributed by atoms with Crippen molar-refractivity contribution in [3.63, 3.8) is 0 Å². The molecule has 0 saturated heterocycles. The molecule has 0 radical (unpaired) electrons. The molecule has 0 spiro atoms. The Kier molecular flexibility index (Phi) is 4.10. The minimum Gasteiger partial charge on any atom is -0.358 e. The van der Waals surface area contributed by atoms with E-state index >= 15 is 0 Å². The first kappa shape index (κ1) is 17.0. The molecule has 27 heavy (non-hydrogen) atoms. The lowest BCUT2D eigenvalue weighted by molar-refractivity contribution is 0.507. The van der Waals surface area contributed by atoms with Crippen LogP contribution in [0.3, 0.4) is 0 Å². The maximum atomic E-state index is 13.1. The molecule has 1 aromatic heterocycles. The summed E-state index contributed by atoms with van der Waals surface area (Å²) >= 11 is 0. The quantitative estimate of drug-likeness (QED) is 0.707. The molecule has 5 heteroatoms. The average Bonchev–Trinajstić information content (AvgIpc) is 3.06. The van der Waals surface area contributed by atoms with Crippen molar-refractivity contribution in [2.24, 2.45) is 0 Å². The Morgan fingerprint density at radius 2 is 1.81 bits per heavy atom. The Morgan fingerprint density at radius 1 is 0.963 bits per heavy atom. The predicted molar refractivity (Wildman–Crippen MR) is 107 cm³/mol. The Labute approximate surface area is 160 Å². The highest BCUT2D eigenvalue weighted by Gasteiger charge is 2.26. The van der Waals surface area contributed by atoms with Crippen LogP contribution in [0.25, 0.3) is 10.9 Å². The number of fused-ring (bicyclic) bond motifs is 4. The van der Waals surface area contributed by atoms with Crippen molar-refractivity contribution in [1.29, 1.82) is 0 Å². The molecule has 0 saturated carbocycles. The molecule has 2 N–H and O–H groups in total. The van der Waals surface area contributed by atoms with E-state index in [2.05, 4.69) is 15.8 Å². The zero-order valence-electron chi connectivity index (χ0n) is 15.3. The molecule has 3 aromatic rings. The maximum Gasteiger partial charge on any atom is 0.241 e. The zero-order valence-corrected chi connectivity index (χ0v) is 16.1. The van der Waals surface area contributed by atoms with Gasteiger partial charge in [0.05, 0.1) is 4.90 Å². The van der Waals surface area contributed by atoms with Gasteiger partial charge in [0, 0.05) is 22.6 Å². The molecule has 0 amide bonds. The second-order valence-corrected chi connectivity index (χ2v) is 9.48. The monoisotopic (exact) mass is 380 g/mol. The number of sulfonamides is 1. The van der Waals surface area contributed by atoms with Crippen LogP contribution >= 0.6 is 0 Å². The van der Waals surface area contributed by atoms with E-state index in [1.807, 2.05) is 30.3 Å². The molecule has 4 nitrogen and oxygen atoms in total. The lowest BCUT2D eigenvalue weighted by atomic mass is 9.88. The third-order valence-electron chi connectivity index (χ3n) is 6.05. The van der Waals surface area contributed by atoms with Gasteiger partial charge in [-0.3, -0.25) is 0 Å². The Hall–Kier alpha value is -2.11. The third kappa shape index (κ3) is 2.99. The summed E-state index contributed by atoms with van der Waals surface area (Å²) < 4.78 is 29.2. The molecule has 2 aliphatic carbocycles. The zero-order chi connectivity index (χ0) is 18.4. The van der Waals surface area contributed by atoms with Crippen LogP contribution in [0.15, 0.2) is 47.4 Å². The second kappa shape index (κ2) is 6.50. The number of hydrogen-bond acceptors (Lipinski definition) is 2. The van der Waals surface area contributed by atoms with Crippen LogP contribution in [0.2, 0.25) is 0 Å². The van der Waals surface area contributed by atoms with E-state index in [0.29, 0.717) is 4.90 Å². The molecule has 0 bridgehead atoms. The van der Waals surface area contributed by atoms with Gasteiger partial charge in [0.15, 0.2) is 0 Å². The molecule has 1 unspecified atom stereocenters. The lowest BCUT2D eigenvalue weighted by Gasteiger charge is -2.26. The summed E-state index contributed by atoms with van der Waals surface area (Å²) in [6.45, 7) is 0. The molecule has 1 atom stereocenters. The highest BCUT2D eigenvalue weighted by atomic mass is 32.2. The first-order valence-corrected chi connectivity index (χ1v) is 11.3. The van der Waals surface area contributed by atoms with Crippen LogP contribution in [0, 0.1) is 0 Å². The molecule has 1 heterocycles. The van der Waals surface area contributed by atoms with Crippen molar-refractivity contribution in [2.45, 2.75) is 55.9 Å². The van der Waals surface area contributed by atoms with E-state index in [0.717, 1.165) is 48.6 Å². The Morgan fingerprint density at radius 3 is 2.74 bits per heavy atom. The van der Waals surface area contributed by atoms with Gasteiger partial charge in [-0.25, -0.2) is 13.1 Å². The topological polar surface area (TPSA) is 62.0 Å². The summed E-state index contributed by atoms with van der Waals surface area (Å²) in [6.07, 6.45) is 7.34. The number of hydrogen-bond donors (Lipinski definition) is 2. The fourth-order valence-electron chi connectivity index (χ4n) is 4.68. The molecular weight excluding hydrogens is 356 g/mol. The van der Waals surface area contributed by atoms with E-state index in [-0.39, 0.29) is 6.04 Å². The fraction of sp³-hybridized carbons (Fsp3) is 0.364. The molecule has 2 aliphatic rings. The van der Waals surface area contributed by atoms with Crippen LogP contribution in [0.4, 0.5) is 0 Å². The molecule has 0 aliphatic heterocycles. The predicted octanol–water partition coefficient (Wildman–Crippen LogP) is 4.40. The minimum atomic E-state index is -3.56. The summed E-state index contributed by atoms with van der Waals surface area (Å²) in [5.41, 5.74) is 6.00. The lowest BCUT2D eigenvalue weighted by Crippen LogP contribution is -2.31. The largest absolute Gasteiger partial charge is 0.358 e. The van der Waals surface area contributed by atoms with Crippen molar-refractivity contribution < 1.29 is 8.42 Å². The number of benzene rings is 2. The molecule has 5 rings (SSSR count). The number of aromatic amines is 1. The second-order valence-electron chi connectivity index (χ2n) is 7.76. The maximum absolute atomic E-state index is 13.1. The average molecular weight is 381 g/mol. The van der Waals surface area contributed by atoms with Crippen molar-refractivity contribution in [1.82, 2.24) is 9.71 Å². The Balaban J connectivity index is 1.50. The van der Waals surface area contributed by atoms with Gasteiger partial charge < -0.3 is 4.98 Å². The molecule has 0 fully saturated rings. The smallest absolute Gasteiger partial charge is 0.241 e. The van der Waals surface area contributed by atoms with Gasteiger partial charge in [-0.15, -0.1) is 0 Å². The number of H-pyrrole nitrogens is 1. The highest BCUT2D eigenvalue weighted by Crippen LogP contribution is 2.33. The molecular formula is C22H24N2O2S. The highest BCUT2D eigenvalue weighted by molar-refractivity contribution is 7.89. The van der Waals surface area contributed by atoms with Crippen LogP contribution in [-0.4, -0.2) is 13.4 Å². The third-order valence-corrected chi connectivity index (χ3v) is 7.52. The Bertz CT molecular complexity index is 1110.